The van der Waals surface area contributed by atoms with Crippen molar-refractivity contribution in [1.29, 1.82) is 5.26 Å². The Morgan fingerprint density at radius 3 is 1.64 bits per heavy atom. The van der Waals surface area contributed by atoms with Crippen molar-refractivity contribution in [3.05, 3.63) is 147 Å². The number of Topliss-reactive ketones (excluding diaryl/α,β-unsaturated/α-hetero) is 1. The van der Waals surface area contributed by atoms with Crippen LogP contribution in [0.4, 0.5) is 0 Å². The Hall–Kier alpha value is -3.00. The zero-order valence-corrected chi connectivity index (χ0v) is 30.1. The number of fused-ring (bicyclic) bond motifs is 1. The second-order valence-electron chi connectivity index (χ2n) is 8.83. The van der Waals surface area contributed by atoms with Gasteiger partial charge in [-0.05, 0) is 58.1 Å². The van der Waals surface area contributed by atoms with E-state index in [2.05, 4.69) is 4.85 Å². The third-order valence-corrected chi connectivity index (χ3v) is 12.4. The van der Waals surface area contributed by atoms with Crippen molar-refractivity contribution in [3.63, 3.8) is 0 Å². The fraction of sp³-hybridized carbons (Fsp3) is 0. The molecule has 4 heterocycles. The summed E-state index contributed by atoms with van der Waals surface area (Å²) >= 11 is 28.0. The molecule has 0 saturated carbocycles. The van der Waals surface area contributed by atoms with Gasteiger partial charge in [0, 0.05) is 57.6 Å². The van der Waals surface area contributed by atoms with E-state index in [1.54, 1.807) is 64.4 Å². The minimum absolute atomic E-state index is 0. The van der Waals surface area contributed by atoms with Crippen LogP contribution in [-0.2, 0) is 67.0 Å². The standard InChI is InChI=1S/C23H12N2OS4.C10H8S4.Ni/c1-25-17(12-24)20-14-5-2-3-6-15(14)21(26)16(20)11-13-8-9-19(30-13)23(28)22(27)18-7-4-10-29-18;11-9(7-3-1-5-13-7)10(12)8-4-2-6-14-8;/h2-11,27-28H;1-6,11-12H;/p-4/b16-11-,20-17-,23-22-;10-9-;. The van der Waals surface area contributed by atoms with E-state index in [1.807, 2.05) is 70.7 Å². The van der Waals surface area contributed by atoms with Crippen LogP contribution in [0, 0.1) is 17.9 Å². The van der Waals surface area contributed by atoms with Gasteiger partial charge < -0.3 is 50.5 Å². The number of carbonyl (C=O) groups is 1. The molecular weight excluding hydrogens is 756 g/mol. The van der Waals surface area contributed by atoms with Gasteiger partial charge in [0.15, 0.2) is 5.78 Å². The monoisotopic (exact) mass is 770 g/mol. The van der Waals surface area contributed by atoms with Gasteiger partial charge in [0.05, 0.1) is 12.6 Å². The van der Waals surface area contributed by atoms with Gasteiger partial charge in [-0.1, -0.05) is 42.5 Å². The van der Waals surface area contributed by atoms with Crippen molar-refractivity contribution in [3.8, 4) is 6.07 Å². The van der Waals surface area contributed by atoms with Crippen molar-refractivity contribution < 1.29 is 21.3 Å². The normalized spacial score (nSPS) is 15.0. The largest absolute Gasteiger partial charge is 0.780 e. The van der Waals surface area contributed by atoms with Crippen LogP contribution in [0.1, 0.15) is 40.3 Å². The summed E-state index contributed by atoms with van der Waals surface area (Å²) in [7, 11) is 0. The van der Waals surface area contributed by atoms with Gasteiger partial charge in [-0.2, -0.15) is 19.6 Å². The smallest absolute Gasteiger partial charge is 0.270 e. The number of ketones is 1. The molecule has 4 aromatic heterocycles. The predicted octanol–water partition coefficient (Wildman–Crippen LogP) is 9.89. The van der Waals surface area contributed by atoms with Gasteiger partial charge in [-0.15, -0.1) is 45.3 Å². The molecule has 12 heteroatoms. The average molecular weight is 772 g/mol. The number of rotatable bonds is 5. The van der Waals surface area contributed by atoms with Crippen molar-refractivity contribution in [2.75, 3.05) is 0 Å². The van der Waals surface area contributed by atoms with E-state index in [0.29, 0.717) is 32.1 Å². The summed E-state index contributed by atoms with van der Waals surface area (Å²) in [5, 5.41) is 15.4. The number of thiophene rings is 4. The van der Waals surface area contributed by atoms with Crippen molar-refractivity contribution >= 4 is 133 Å². The number of benzene rings is 1. The van der Waals surface area contributed by atoms with Crippen LogP contribution >= 0.6 is 45.3 Å². The molecule has 0 spiro atoms. The van der Waals surface area contributed by atoms with Crippen molar-refractivity contribution in [2.45, 2.75) is 0 Å². The molecule has 5 aromatic rings. The summed E-state index contributed by atoms with van der Waals surface area (Å²) < 4.78 is 0. The maximum atomic E-state index is 13.0. The average Bonchev–Trinajstić information content (AvgIpc) is 3.90. The first-order valence-electron chi connectivity index (χ1n) is 12.6. The summed E-state index contributed by atoms with van der Waals surface area (Å²) in [6.07, 6.45) is 1.73. The second-order valence-corrected chi connectivity index (χ2v) is 14.4. The SMILES string of the molecule is [C-]#[N+]/C(C#N)=C1\C(=C\c2ccc(/C([S-])=C(/[S-])c3cccs3)s2)C(=O)c2ccccc21.[Ni].[S-]/C(=C(\[S-])c1cccs1)c1cccs1. The Labute approximate surface area is 309 Å². The van der Waals surface area contributed by atoms with E-state index in [-0.39, 0.29) is 28.0 Å². The first kappa shape index (κ1) is 34.9. The Balaban J connectivity index is 0.000000258. The van der Waals surface area contributed by atoms with Crippen molar-refractivity contribution in [2.24, 2.45) is 0 Å². The number of nitriles is 1. The van der Waals surface area contributed by atoms with Crippen LogP contribution in [0.3, 0.4) is 0 Å². The predicted molar refractivity (Wildman–Crippen MR) is 198 cm³/mol. The molecule has 0 unspecified atom stereocenters. The van der Waals surface area contributed by atoms with Crippen LogP contribution < -0.4 is 0 Å². The van der Waals surface area contributed by atoms with E-state index in [1.165, 1.54) is 11.3 Å². The molecule has 0 atom stereocenters. The number of hydrogen-bond acceptors (Lipinski definition) is 10. The molecule has 1 aromatic carbocycles. The van der Waals surface area contributed by atoms with E-state index in [4.69, 9.17) is 57.1 Å². The molecule has 3 nitrogen and oxygen atoms in total. The third kappa shape index (κ3) is 7.70. The zero-order chi connectivity index (χ0) is 31.2. The fourth-order valence-corrected chi connectivity index (χ4v) is 8.63. The second kappa shape index (κ2) is 16.0. The Bertz CT molecular complexity index is 1970. The Morgan fingerprint density at radius 1 is 0.711 bits per heavy atom. The molecule has 226 valence electrons. The van der Waals surface area contributed by atoms with Gasteiger partial charge in [-0.25, -0.2) is 10.1 Å². The summed E-state index contributed by atoms with van der Waals surface area (Å²) in [5.74, 6) is -0.191. The maximum absolute atomic E-state index is 13.0. The molecule has 1 aliphatic rings. The van der Waals surface area contributed by atoms with E-state index >= 15 is 0 Å². The van der Waals surface area contributed by atoms with Gasteiger partial charge in [0.25, 0.3) is 5.70 Å². The fourth-order valence-electron chi connectivity index (χ4n) is 4.20. The molecule has 45 heavy (non-hydrogen) atoms. The molecular formula is C33H16N2NiOS8-4. The minimum Gasteiger partial charge on any atom is -0.780 e. The van der Waals surface area contributed by atoms with Crippen LogP contribution in [-0.4, -0.2) is 5.78 Å². The van der Waals surface area contributed by atoms with Crippen LogP contribution in [0.15, 0.2) is 100 Å². The molecule has 0 N–H and O–H groups in total. The Kier molecular flexibility index (Phi) is 12.4. The van der Waals surface area contributed by atoms with Crippen LogP contribution in [0.25, 0.3) is 36.1 Å². The first-order chi connectivity index (χ1) is 21.3. The molecule has 0 bridgehead atoms. The van der Waals surface area contributed by atoms with Crippen LogP contribution in [0.5, 0.6) is 0 Å². The quantitative estimate of drug-likeness (QED) is 0.0583. The summed E-state index contributed by atoms with van der Waals surface area (Å²) in [5.41, 5.74) is 1.77. The molecule has 0 saturated heterocycles. The molecule has 0 aliphatic heterocycles. The summed E-state index contributed by atoms with van der Waals surface area (Å²) in [4.78, 5) is 23.9. The van der Waals surface area contributed by atoms with E-state index < -0.39 is 0 Å². The number of nitrogens with zero attached hydrogens (tertiary/aromatic N) is 2. The zero-order valence-electron chi connectivity index (χ0n) is 22.6. The topological polar surface area (TPSA) is 45.2 Å². The van der Waals surface area contributed by atoms with Gasteiger partial charge in [0.2, 0.25) is 0 Å². The van der Waals surface area contributed by atoms with Gasteiger partial charge >= 0.3 is 0 Å². The number of carbonyl (C=O) groups excluding carboxylic acids is 1. The Morgan fingerprint density at radius 2 is 1.20 bits per heavy atom. The van der Waals surface area contributed by atoms with Gasteiger partial charge in [-0.3, -0.25) is 4.79 Å². The summed E-state index contributed by atoms with van der Waals surface area (Å²) in [6.45, 7) is 7.36. The molecule has 0 radical (unpaired) electrons. The van der Waals surface area contributed by atoms with Gasteiger partial charge in [0.1, 0.15) is 0 Å². The summed E-state index contributed by atoms with van der Waals surface area (Å²) in [6, 6.07) is 24.6. The number of allylic oxidation sites excluding steroid dienone is 3. The van der Waals surface area contributed by atoms with Crippen LogP contribution in [0.2, 0.25) is 0 Å². The first-order valence-corrected chi connectivity index (χ1v) is 17.7. The third-order valence-electron chi connectivity index (χ3n) is 6.19. The van der Waals surface area contributed by atoms with Crippen molar-refractivity contribution in [1.82, 2.24) is 0 Å². The molecule has 1 aliphatic carbocycles. The number of hydrogen-bond donors (Lipinski definition) is 0. The van der Waals surface area contributed by atoms with E-state index in [9.17, 15) is 10.1 Å². The maximum Gasteiger partial charge on any atom is 0.270 e. The molecule has 0 amide bonds. The molecule has 6 rings (SSSR count). The molecule has 0 fully saturated rings. The van der Waals surface area contributed by atoms with E-state index in [0.717, 1.165) is 34.2 Å². The minimum atomic E-state index is -0.191.